The quantitative estimate of drug-likeness (QED) is 0.781. The minimum absolute atomic E-state index is 0.257. The predicted molar refractivity (Wildman–Crippen MR) is 55.7 cm³/mol. The maximum atomic E-state index is 10.9. The molecule has 2 aliphatic rings. The van der Waals surface area contributed by atoms with E-state index in [4.69, 9.17) is 14.6 Å². The summed E-state index contributed by atoms with van der Waals surface area (Å²) in [5.41, 5.74) is 2.28. The Morgan fingerprint density at radius 2 is 1.94 bits per heavy atom. The van der Waals surface area contributed by atoms with Crippen molar-refractivity contribution in [3.05, 3.63) is 23.3 Å². The molecule has 4 heteroatoms. The number of aryl methyl sites for hydroxylation is 1. The zero-order valence-corrected chi connectivity index (χ0v) is 8.73. The van der Waals surface area contributed by atoms with Gasteiger partial charge in [-0.05, 0) is 42.5 Å². The summed E-state index contributed by atoms with van der Waals surface area (Å²) in [6.07, 6.45) is 2.12. The lowest BCUT2D eigenvalue weighted by molar-refractivity contribution is -0.142. The van der Waals surface area contributed by atoms with Crippen LogP contribution in [0.2, 0.25) is 0 Å². The molecule has 1 unspecified atom stereocenters. The smallest absolute Gasteiger partial charge is 0.306 e. The Bertz CT molecular complexity index is 453. The Morgan fingerprint density at radius 1 is 1.25 bits per heavy atom. The van der Waals surface area contributed by atoms with Crippen molar-refractivity contribution < 1.29 is 19.4 Å². The van der Waals surface area contributed by atoms with Gasteiger partial charge < -0.3 is 14.6 Å². The highest BCUT2D eigenvalue weighted by Gasteiger charge is 2.26. The minimum atomic E-state index is -0.705. The van der Waals surface area contributed by atoms with E-state index in [9.17, 15) is 4.79 Å². The number of hydrogen-bond acceptors (Lipinski definition) is 3. The summed E-state index contributed by atoms with van der Waals surface area (Å²) in [5, 5.41) is 9.00. The average molecular weight is 220 g/mol. The number of ether oxygens (including phenoxy) is 2. The topological polar surface area (TPSA) is 55.8 Å². The van der Waals surface area contributed by atoms with Crippen LogP contribution in [-0.2, 0) is 17.6 Å². The highest BCUT2D eigenvalue weighted by atomic mass is 16.7. The number of carbonyl (C=O) groups is 1. The summed E-state index contributed by atoms with van der Waals surface area (Å²) >= 11 is 0. The van der Waals surface area contributed by atoms with Crippen molar-refractivity contribution in [2.24, 2.45) is 5.92 Å². The number of carboxylic acids is 1. The van der Waals surface area contributed by atoms with Gasteiger partial charge in [-0.3, -0.25) is 4.79 Å². The third-order valence-corrected chi connectivity index (χ3v) is 3.27. The molecule has 0 saturated carbocycles. The van der Waals surface area contributed by atoms with Crippen LogP contribution in [0.5, 0.6) is 11.5 Å². The van der Waals surface area contributed by atoms with Crippen LogP contribution in [0, 0.1) is 5.92 Å². The summed E-state index contributed by atoms with van der Waals surface area (Å²) in [4.78, 5) is 10.9. The molecule has 1 atom stereocenters. The monoisotopic (exact) mass is 220 g/mol. The van der Waals surface area contributed by atoms with Crippen LogP contribution in [0.4, 0.5) is 0 Å². The van der Waals surface area contributed by atoms with Gasteiger partial charge in [0.2, 0.25) is 6.79 Å². The van der Waals surface area contributed by atoms with E-state index in [0.717, 1.165) is 23.5 Å². The first-order chi connectivity index (χ1) is 7.74. The van der Waals surface area contributed by atoms with Gasteiger partial charge in [0.15, 0.2) is 11.5 Å². The van der Waals surface area contributed by atoms with Crippen LogP contribution in [0.1, 0.15) is 17.5 Å². The Kier molecular flexibility index (Phi) is 2.02. The van der Waals surface area contributed by atoms with Crippen molar-refractivity contribution in [3.63, 3.8) is 0 Å². The molecule has 1 aliphatic carbocycles. The molecule has 0 spiro atoms. The lowest BCUT2D eigenvalue weighted by atomic mass is 9.84. The van der Waals surface area contributed by atoms with Gasteiger partial charge in [0.25, 0.3) is 0 Å². The molecule has 0 saturated heterocycles. The highest BCUT2D eigenvalue weighted by molar-refractivity contribution is 5.71. The number of carboxylic acid groups (broad SMARTS) is 1. The number of rotatable bonds is 1. The van der Waals surface area contributed by atoms with Crippen LogP contribution < -0.4 is 9.47 Å². The minimum Gasteiger partial charge on any atom is -0.481 e. The van der Waals surface area contributed by atoms with Crippen LogP contribution in [0.3, 0.4) is 0 Å². The second kappa shape index (κ2) is 3.40. The van der Waals surface area contributed by atoms with Crippen molar-refractivity contribution in [1.29, 1.82) is 0 Å². The van der Waals surface area contributed by atoms with Crippen molar-refractivity contribution in [3.8, 4) is 11.5 Å². The molecule has 0 aromatic heterocycles. The van der Waals surface area contributed by atoms with Gasteiger partial charge in [-0.25, -0.2) is 0 Å². The summed E-state index contributed by atoms with van der Waals surface area (Å²) < 4.78 is 10.6. The largest absolute Gasteiger partial charge is 0.481 e. The molecule has 16 heavy (non-hydrogen) atoms. The van der Waals surface area contributed by atoms with Gasteiger partial charge in [-0.1, -0.05) is 0 Å². The molecule has 1 aromatic carbocycles. The Labute approximate surface area is 92.8 Å². The third kappa shape index (κ3) is 1.41. The maximum Gasteiger partial charge on any atom is 0.306 e. The van der Waals surface area contributed by atoms with E-state index in [2.05, 4.69) is 0 Å². The number of benzene rings is 1. The first-order valence-electron chi connectivity index (χ1n) is 5.38. The Morgan fingerprint density at radius 3 is 2.62 bits per heavy atom. The van der Waals surface area contributed by atoms with Crippen LogP contribution in [0.15, 0.2) is 12.1 Å². The molecular formula is C12H12O4. The normalized spacial score (nSPS) is 21.6. The lowest BCUT2D eigenvalue weighted by Gasteiger charge is -2.21. The summed E-state index contributed by atoms with van der Waals surface area (Å²) in [7, 11) is 0. The van der Waals surface area contributed by atoms with E-state index in [1.54, 1.807) is 0 Å². The zero-order chi connectivity index (χ0) is 11.1. The summed E-state index contributed by atoms with van der Waals surface area (Å²) in [6, 6.07) is 3.91. The molecule has 1 aliphatic heterocycles. The maximum absolute atomic E-state index is 10.9. The molecular weight excluding hydrogens is 208 g/mol. The molecule has 1 N–H and O–H groups in total. The van der Waals surface area contributed by atoms with E-state index in [1.165, 1.54) is 5.56 Å². The fourth-order valence-electron chi connectivity index (χ4n) is 2.36. The van der Waals surface area contributed by atoms with Crippen molar-refractivity contribution in [2.75, 3.05) is 6.79 Å². The third-order valence-electron chi connectivity index (χ3n) is 3.27. The first-order valence-corrected chi connectivity index (χ1v) is 5.38. The molecule has 3 rings (SSSR count). The molecule has 0 radical (unpaired) electrons. The fraction of sp³-hybridized carbons (Fsp3) is 0.417. The van der Waals surface area contributed by atoms with E-state index < -0.39 is 5.97 Å². The standard InChI is InChI=1S/C12H12O4/c13-12(14)8-2-1-7-4-10-11(16-6-15-10)5-9(7)3-8/h4-5,8H,1-3,6H2,(H,13,14). The van der Waals surface area contributed by atoms with E-state index >= 15 is 0 Å². The van der Waals surface area contributed by atoms with E-state index in [-0.39, 0.29) is 12.7 Å². The lowest BCUT2D eigenvalue weighted by Crippen LogP contribution is -2.22. The molecule has 4 nitrogen and oxygen atoms in total. The molecule has 0 amide bonds. The highest BCUT2D eigenvalue weighted by Crippen LogP contribution is 2.38. The number of fused-ring (bicyclic) bond motifs is 2. The number of aliphatic carboxylic acids is 1. The summed E-state index contributed by atoms with van der Waals surface area (Å²) in [5.74, 6) is 0.563. The molecule has 1 aromatic rings. The SMILES string of the molecule is O=C(O)C1CCc2cc3c(cc2C1)OCO3. The average Bonchev–Trinajstić information content (AvgIpc) is 2.71. The molecule has 1 heterocycles. The molecule has 84 valence electrons. The summed E-state index contributed by atoms with van der Waals surface area (Å²) in [6.45, 7) is 0.264. The molecule has 0 bridgehead atoms. The van der Waals surface area contributed by atoms with Gasteiger partial charge in [0, 0.05) is 0 Å². The van der Waals surface area contributed by atoms with Crippen molar-refractivity contribution in [1.82, 2.24) is 0 Å². The second-order valence-electron chi connectivity index (χ2n) is 4.25. The van der Waals surface area contributed by atoms with E-state index in [1.807, 2.05) is 12.1 Å². The van der Waals surface area contributed by atoms with Gasteiger partial charge in [-0.2, -0.15) is 0 Å². The Hall–Kier alpha value is -1.71. The molecule has 0 fully saturated rings. The number of hydrogen-bond donors (Lipinski definition) is 1. The van der Waals surface area contributed by atoms with Crippen LogP contribution in [0.25, 0.3) is 0 Å². The van der Waals surface area contributed by atoms with Crippen molar-refractivity contribution >= 4 is 5.97 Å². The fourth-order valence-corrected chi connectivity index (χ4v) is 2.36. The van der Waals surface area contributed by atoms with Gasteiger partial charge in [-0.15, -0.1) is 0 Å². The van der Waals surface area contributed by atoms with Crippen molar-refractivity contribution in [2.45, 2.75) is 19.3 Å². The Balaban J connectivity index is 1.96. The van der Waals surface area contributed by atoms with Gasteiger partial charge in [0.05, 0.1) is 5.92 Å². The van der Waals surface area contributed by atoms with Crippen LogP contribution in [-0.4, -0.2) is 17.9 Å². The zero-order valence-electron chi connectivity index (χ0n) is 8.73. The van der Waals surface area contributed by atoms with E-state index in [0.29, 0.717) is 12.8 Å². The predicted octanol–water partition coefficient (Wildman–Crippen LogP) is 1.60. The van der Waals surface area contributed by atoms with Gasteiger partial charge >= 0.3 is 5.97 Å². The van der Waals surface area contributed by atoms with Gasteiger partial charge in [0.1, 0.15) is 0 Å². The first kappa shape index (κ1) is 9.51. The second-order valence-corrected chi connectivity index (χ2v) is 4.25. The van der Waals surface area contributed by atoms with Crippen LogP contribution >= 0.6 is 0 Å².